The van der Waals surface area contributed by atoms with Crippen molar-refractivity contribution >= 4 is 27.5 Å². The monoisotopic (exact) mass is 563 g/mol. The van der Waals surface area contributed by atoms with Crippen molar-refractivity contribution < 1.29 is 22.7 Å². The average Bonchev–Trinajstić information content (AvgIpc) is 2.99. The topological polar surface area (TPSA) is 96.0 Å². The summed E-state index contributed by atoms with van der Waals surface area (Å²) in [5.74, 6) is -0.0506. The van der Waals surface area contributed by atoms with Crippen molar-refractivity contribution in [1.29, 1.82) is 0 Å². The summed E-state index contributed by atoms with van der Waals surface area (Å²) in [5, 5.41) is 3.11. The minimum atomic E-state index is -4.06. The molecule has 9 heteroatoms. The van der Waals surface area contributed by atoms with Gasteiger partial charge in [0.1, 0.15) is 18.3 Å². The molecule has 2 amide bonds. The summed E-state index contributed by atoms with van der Waals surface area (Å²) in [6, 6.07) is 23.1. The molecule has 0 aromatic heterocycles. The summed E-state index contributed by atoms with van der Waals surface area (Å²) in [7, 11) is -2.49. The highest BCUT2D eigenvalue weighted by Gasteiger charge is 2.33. The maximum Gasteiger partial charge on any atom is 0.264 e. The first kappa shape index (κ1) is 29.1. The second-order valence-corrected chi connectivity index (χ2v) is 11.9. The van der Waals surface area contributed by atoms with Crippen LogP contribution in [0.1, 0.15) is 44.6 Å². The Kier molecular flexibility index (Phi) is 9.82. The molecule has 0 spiro atoms. The van der Waals surface area contributed by atoms with Crippen molar-refractivity contribution in [3.05, 3.63) is 90.5 Å². The number of amides is 2. The van der Waals surface area contributed by atoms with E-state index in [2.05, 4.69) is 5.32 Å². The Morgan fingerprint density at radius 3 is 2.10 bits per heavy atom. The fourth-order valence-corrected chi connectivity index (χ4v) is 6.36. The molecule has 40 heavy (non-hydrogen) atoms. The number of methoxy groups -OCH3 is 1. The van der Waals surface area contributed by atoms with E-state index in [4.69, 9.17) is 4.74 Å². The number of ether oxygens (including phenoxy) is 1. The zero-order chi connectivity index (χ0) is 28.5. The molecular formula is C31H37N3O5S. The van der Waals surface area contributed by atoms with Crippen LogP contribution < -0.4 is 14.4 Å². The molecule has 1 saturated carbocycles. The van der Waals surface area contributed by atoms with Crippen LogP contribution in [-0.2, 0) is 26.2 Å². The van der Waals surface area contributed by atoms with Gasteiger partial charge in [-0.05, 0) is 61.7 Å². The maximum absolute atomic E-state index is 14.0. The standard InChI is InChI=1S/C31H37N3O5S/c1-24(31(36)32-26-12-6-3-7-13-26)33(22-25-18-20-28(39-2)21-19-25)30(35)23-34(27-14-8-4-9-15-27)40(37,38)29-16-10-5-11-17-29/h4-5,8-11,14-21,24,26H,3,6-7,12-13,22-23H2,1-2H3,(H,32,36)/t24-/m1/s1. The highest BCUT2D eigenvalue weighted by atomic mass is 32.2. The van der Waals surface area contributed by atoms with Gasteiger partial charge >= 0.3 is 0 Å². The Bertz CT molecular complexity index is 1360. The molecule has 0 saturated heterocycles. The van der Waals surface area contributed by atoms with E-state index in [9.17, 15) is 18.0 Å². The number of carbonyl (C=O) groups is 2. The van der Waals surface area contributed by atoms with Crippen LogP contribution in [0.3, 0.4) is 0 Å². The molecule has 1 N–H and O–H groups in total. The van der Waals surface area contributed by atoms with Gasteiger partial charge in [-0.15, -0.1) is 0 Å². The van der Waals surface area contributed by atoms with E-state index in [-0.39, 0.29) is 23.4 Å². The molecule has 0 unspecified atom stereocenters. The fraction of sp³-hybridized carbons (Fsp3) is 0.355. The maximum atomic E-state index is 14.0. The Labute approximate surface area is 237 Å². The molecule has 1 atom stereocenters. The summed E-state index contributed by atoms with van der Waals surface area (Å²) in [4.78, 5) is 28.9. The minimum Gasteiger partial charge on any atom is -0.497 e. The SMILES string of the molecule is COc1ccc(CN(C(=O)CN(c2ccccc2)S(=O)(=O)c2ccccc2)[C@H](C)C(=O)NC2CCCCC2)cc1. The quantitative estimate of drug-likeness (QED) is 0.363. The lowest BCUT2D eigenvalue weighted by Gasteiger charge is -2.33. The van der Waals surface area contributed by atoms with Gasteiger partial charge in [0.15, 0.2) is 0 Å². The van der Waals surface area contributed by atoms with E-state index in [0.29, 0.717) is 11.4 Å². The number of anilines is 1. The van der Waals surface area contributed by atoms with Crippen molar-refractivity contribution in [1.82, 2.24) is 10.2 Å². The summed E-state index contributed by atoms with van der Waals surface area (Å²) in [5.41, 5.74) is 1.16. The normalized spacial score (nSPS) is 14.7. The van der Waals surface area contributed by atoms with Crippen molar-refractivity contribution in [3.8, 4) is 5.75 Å². The molecule has 4 rings (SSSR count). The van der Waals surface area contributed by atoms with Crippen LogP contribution in [0.15, 0.2) is 89.8 Å². The third-order valence-corrected chi connectivity index (χ3v) is 9.07. The van der Waals surface area contributed by atoms with E-state index >= 15 is 0 Å². The smallest absolute Gasteiger partial charge is 0.264 e. The van der Waals surface area contributed by atoms with Gasteiger partial charge in [-0.3, -0.25) is 13.9 Å². The highest BCUT2D eigenvalue weighted by molar-refractivity contribution is 7.92. The molecule has 1 aliphatic carbocycles. The van der Waals surface area contributed by atoms with E-state index in [1.54, 1.807) is 74.7 Å². The van der Waals surface area contributed by atoms with Crippen molar-refractivity contribution in [2.75, 3.05) is 18.0 Å². The molecule has 3 aromatic carbocycles. The number of sulfonamides is 1. The van der Waals surface area contributed by atoms with Crippen LogP contribution in [0, 0.1) is 0 Å². The summed E-state index contributed by atoms with van der Waals surface area (Å²) >= 11 is 0. The van der Waals surface area contributed by atoms with Crippen LogP contribution in [0.4, 0.5) is 5.69 Å². The van der Waals surface area contributed by atoms with Gasteiger partial charge in [0.25, 0.3) is 10.0 Å². The van der Waals surface area contributed by atoms with Gasteiger partial charge < -0.3 is 15.0 Å². The summed E-state index contributed by atoms with van der Waals surface area (Å²) < 4.78 is 33.9. The lowest BCUT2D eigenvalue weighted by molar-refractivity contribution is -0.139. The van der Waals surface area contributed by atoms with Gasteiger partial charge in [0, 0.05) is 12.6 Å². The molecule has 0 heterocycles. The van der Waals surface area contributed by atoms with Gasteiger partial charge in [-0.1, -0.05) is 67.8 Å². The first-order chi connectivity index (χ1) is 19.3. The number of carbonyl (C=O) groups excluding carboxylic acids is 2. The van der Waals surface area contributed by atoms with Crippen molar-refractivity contribution in [2.24, 2.45) is 0 Å². The second-order valence-electron chi connectivity index (χ2n) is 10.0. The predicted molar refractivity (Wildman–Crippen MR) is 155 cm³/mol. The van der Waals surface area contributed by atoms with Crippen LogP contribution in [0.2, 0.25) is 0 Å². The van der Waals surface area contributed by atoms with Gasteiger partial charge in [0.2, 0.25) is 11.8 Å². The second kappa shape index (κ2) is 13.5. The zero-order valence-corrected chi connectivity index (χ0v) is 23.8. The largest absolute Gasteiger partial charge is 0.497 e. The molecule has 0 bridgehead atoms. The number of para-hydroxylation sites is 1. The Morgan fingerprint density at radius 1 is 0.900 bits per heavy atom. The first-order valence-electron chi connectivity index (χ1n) is 13.6. The third-order valence-electron chi connectivity index (χ3n) is 7.29. The highest BCUT2D eigenvalue weighted by Crippen LogP contribution is 2.25. The number of rotatable bonds is 11. The van der Waals surface area contributed by atoms with Gasteiger partial charge in [-0.25, -0.2) is 8.42 Å². The van der Waals surface area contributed by atoms with Crippen LogP contribution >= 0.6 is 0 Å². The fourth-order valence-electron chi connectivity index (χ4n) is 4.92. The molecule has 0 radical (unpaired) electrons. The van der Waals surface area contributed by atoms with Gasteiger partial charge in [-0.2, -0.15) is 0 Å². The van der Waals surface area contributed by atoms with Crippen LogP contribution in [-0.4, -0.2) is 50.9 Å². The van der Waals surface area contributed by atoms with E-state index in [1.807, 2.05) is 12.1 Å². The average molecular weight is 564 g/mol. The van der Waals surface area contributed by atoms with E-state index in [1.165, 1.54) is 17.0 Å². The molecular weight excluding hydrogens is 526 g/mol. The van der Waals surface area contributed by atoms with Crippen molar-refractivity contribution in [2.45, 2.75) is 62.6 Å². The number of hydrogen-bond donors (Lipinski definition) is 1. The Balaban J connectivity index is 1.64. The number of hydrogen-bond acceptors (Lipinski definition) is 5. The summed E-state index contributed by atoms with van der Waals surface area (Å²) in [6.07, 6.45) is 5.13. The number of benzene rings is 3. The van der Waals surface area contributed by atoms with E-state index < -0.39 is 28.5 Å². The lowest BCUT2D eigenvalue weighted by Crippen LogP contribution is -2.53. The molecule has 1 aliphatic rings. The minimum absolute atomic E-state index is 0.0800. The molecule has 212 valence electrons. The molecule has 0 aliphatic heterocycles. The zero-order valence-electron chi connectivity index (χ0n) is 23.0. The van der Waals surface area contributed by atoms with Gasteiger partial charge in [0.05, 0.1) is 17.7 Å². The van der Waals surface area contributed by atoms with Crippen LogP contribution in [0.5, 0.6) is 5.75 Å². The first-order valence-corrected chi connectivity index (χ1v) is 15.1. The molecule has 3 aromatic rings. The number of nitrogens with one attached hydrogen (secondary N) is 1. The van der Waals surface area contributed by atoms with Crippen LogP contribution in [0.25, 0.3) is 0 Å². The molecule has 8 nitrogen and oxygen atoms in total. The summed E-state index contributed by atoms with van der Waals surface area (Å²) in [6.45, 7) is 1.37. The lowest BCUT2D eigenvalue weighted by atomic mass is 9.95. The predicted octanol–water partition coefficient (Wildman–Crippen LogP) is 4.76. The van der Waals surface area contributed by atoms with E-state index in [0.717, 1.165) is 42.0 Å². The third kappa shape index (κ3) is 7.21. The Morgan fingerprint density at radius 2 is 1.50 bits per heavy atom. The molecule has 1 fully saturated rings. The Hall–Kier alpha value is -3.85. The number of nitrogens with zero attached hydrogens (tertiary/aromatic N) is 2. The van der Waals surface area contributed by atoms with Crippen molar-refractivity contribution in [3.63, 3.8) is 0 Å².